The molecule has 138 valence electrons. The van der Waals surface area contributed by atoms with Crippen LogP contribution in [0.5, 0.6) is 0 Å². The fourth-order valence-electron chi connectivity index (χ4n) is 3.65. The van der Waals surface area contributed by atoms with Crippen molar-refractivity contribution < 1.29 is 4.79 Å². The number of carbonyl (C=O) groups excluding carboxylic acids is 1. The Morgan fingerprint density at radius 2 is 1.93 bits per heavy atom. The normalized spacial score (nSPS) is 14.3. The summed E-state index contributed by atoms with van der Waals surface area (Å²) in [5.74, 6) is 0.0393. The van der Waals surface area contributed by atoms with Crippen LogP contribution in [0.25, 0.3) is 22.2 Å². The summed E-state index contributed by atoms with van der Waals surface area (Å²) in [6.07, 6.45) is 6.59. The zero-order chi connectivity index (χ0) is 18.9. The largest absolute Gasteiger partial charge is 0.361 e. The van der Waals surface area contributed by atoms with Crippen molar-refractivity contribution >= 4 is 22.4 Å². The van der Waals surface area contributed by atoms with Crippen molar-refractivity contribution in [2.24, 2.45) is 0 Å². The summed E-state index contributed by atoms with van der Waals surface area (Å²) < 4.78 is 1.56. The standard InChI is InChI=1S/C21H18N6O/c28-21(16-5-7-17(8-6-16)27-14-23-24-25-27)26-11-9-15(10-12-26)19-13-22-20-4-2-1-3-18(19)20/h1-9,13-14,22H,10-12H2. The summed E-state index contributed by atoms with van der Waals surface area (Å²) in [7, 11) is 0. The fourth-order valence-corrected chi connectivity index (χ4v) is 3.65. The number of tetrazole rings is 1. The van der Waals surface area contributed by atoms with Gasteiger partial charge in [-0.25, -0.2) is 4.68 Å². The number of nitrogens with zero attached hydrogens (tertiary/aromatic N) is 5. The summed E-state index contributed by atoms with van der Waals surface area (Å²) in [5, 5.41) is 12.3. The molecule has 1 N–H and O–H groups in total. The van der Waals surface area contributed by atoms with Crippen LogP contribution in [0, 0.1) is 0 Å². The number of para-hydroxylation sites is 1. The van der Waals surface area contributed by atoms with Crippen molar-refractivity contribution in [3.8, 4) is 5.69 Å². The van der Waals surface area contributed by atoms with Crippen LogP contribution >= 0.6 is 0 Å². The topological polar surface area (TPSA) is 79.7 Å². The van der Waals surface area contributed by atoms with Crippen molar-refractivity contribution in [1.29, 1.82) is 0 Å². The first-order valence-corrected chi connectivity index (χ1v) is 9.18. The van der Waals surface area contributed by atoms with Gasteiger partial charge in [0, 0.05) is 41.3 Å². The van der Waals surface area contributed by atoms with E-state index >= 15 is 0 Å². The van der Waals surface area contributed by atoms with Gasteiger partial charge >= 0.3 is 0 Å². The Morgan fingerprint density at radius 3 is 2.68 bits per heavy atom. The molecule has 4 aromatic rings. The van der Waals surface area contributed by atoms with Crippen molar-refractivity contribution in [2.75, 3.05) is 13.1 Å². The lowest BCUT2D eigenvalue weighted by atomic mass is 9.98. The van der Waals surface area contributed by atoms with E-state index in [1.165, 1.54) is 22.9 Å². The maximum Gasteiger partial charge on any atom is 0.254 e. The zero-order valence-electron chi connectivity index (χ0n) is 15.1. The van der Waals surface area contributed by atoms with Crippen molar-refractivity contribution in [3.05, 3.63) is 78.3 Å². The van der Waals surface area contributed by atoms with Crippen LogP contribution in [0.2, 0.25) is 0 Å². The molecule has 0 saturated carbocycles. The molecule has 7 heteroatoms. The van der Waals surface area contributed by atoms with Crippen LogP contribution in [0.15, 0.2) is 67.1 Å². The van der Waals surface area contributed by atoms with Gasteiger partial charge < -0.3 is 9.88 Å². The van der Waals surface area contributed by atoms with E-state index < -0.39 is 0 Å². The molecule has 2 aromatic carbocycles. The predicted molar refractivity (Wildman–Crippen MR) is 106 cm³/mol. The average Bonchev–Trinajstić information content (AvgIpc) is 3.44. The number of aromatic amines is 1. The minimum absolute atomic E-state index is 0.0393. The highest BCUT2D eigenvalue weighted by Gasteiger charge is 2.20. The molecule has 7 nitrogen and oxygen atoms in total. The minimum Gasteiger partial charge on any atom is -0.361 e. The second kappa shape index (κ2) is 6.77. The van der Waals surface area contributed by atoms with Gasteiger partial charge in [0.2, 0.25) is 0 Å². The molecule has 28 heavy (non-hydrogen) atoms. The van der Waals surface area contributed by atoms with Crippen molar-refractivity contribution in [1.82, 2.24) is 30.1 Å². The molecule has 1 amide bonds. The highest BCUT2D eigenvalue weighted by molar-refractivity contribution is 5.96. The molecule has 0 unspecified atom stereocenters. The molecule has 0 bridgehead atoms. The highest BCUT2D eigenvalue weighted by atomic mass is 16.2. The third-order valence-corrected chi connectivity index (χ3v) is 5.16. The Morgan fingerprint density at radius 1 is 1.07 bits per heavy atom. The van der Waals surface area contributed by atoms with Crippen molar-refractivity contribution in [2.45, 2.75) is 6.42 Å². The first kappa shape index (κ1) is 16.4. The van der Waals surface area contributed by atoms with Crippen LogP contribution in [0.3, 0.4) is 0 Å². The molecular weight excluding hydrogens is 352 g/mol. The number of nitrogens with one attached hydrogen (secondary N) is 1. The molecule has 0 radical (unpaired) electrons. The predicted octanol–water partition coefficient (Wildman–Crippen LogP) is 3.07. The number of benzene rings is 2. The first-order valence-electron chi connectivity index (χ1n) is 9.18. The van der Waals surface area contributed by atoms with Gasteiger partial charge in [-0.15, -0.1) is 5.10 Å². The first-order chi connectivity index (χ1) is 13.8. The van der Waals surface area contributed by atoms with Crippen LogP contribution in [-0.2, 0) is 0 Å². The Kier molecular flexibility index (Phi) is 3.97. The van der Waals surface area contributed by atoms with Gasteiger partial charge in [-0.2, -0.15) is 0 Å². The lowest BCUT2D eigenvalue weighted by molar-refractivity contribution is 0.0773. The minimum atomic E-state index is 0.0393. The van der Waals surface area contributed by atoms with Gasteiger partial charge in [0.25, 0.3) is 5.91 Å². The van der Waals surface area contributed by atoms with Gasteiger partial charge in [-0.1, -0.05) is 24.3 Å². The van der Waals surface area contributed by atoms with E-state index in [1.807, 2.05) is 35.2 Å². The maximum absolute atomic E-state index is 12.8. The number of rotatable bonds is 3. The van der Waals surface area contributed by atoms with Crippen molar-refractivity contribution in [3.63, 3.8) is 0 Å². The van der Waals surface area contributed by atoms with Gasteiger partial charge in [0.05, 0.1) is 5.69 Å². The Labute approximate surface area is 161 Å². The maximum atomic E-state index is 12.8. The third-order valence-electron chi connectivity index (χ3n) is 5.16. The Balaban J connectivity index is 1.32. The molecular formula is C21H18N6O. The molecule has 0 fully saturated rings. The van der Waals surface area contributed by atoms with Gasteiger partial charge in [-0.3, -0.25) is 4.79 Å². The van der Waals surface area contributed by atoms with E-state index in [0.717, 1.165) is 17.6 Å². The third kappa shape index (κ3) is 2.87. The number of carbonyl (C=O) groups is 1. The van der Waals surface area contributed by atoms with E-state index in [-0.39, 0.29) is 5.91 Å². The van der Waals surface area contributed by atoms with E-state index in [4.69, 9.17) is 0 Å². The summed E-state index contributed by atoms with van der Waals surface area (Å²) in [6, 6.07) is 15.6. The van der Waals surface area contributed by atoms with Crippen LogP contribution in [0.1, 0.15) is 22.3 Å². The fraction of sp³-hybridized carbons (Fsp3) is 0.143. The number of H-pyrrole nitrogens is 1. The number of hydrogen-bond donors (Lipinski definition) is 1. The zero-order valence-corrected chi connectivity index (χ0v) is 15.1. The summed E-state index contributed by atoms with van der Waals surface area (Å²) in [5.41, 5.74) is 5.14. The van der Waals surface area contributed by atoms with E-state index in [0.29, 0.717) is 18.7 Å². The molecule has 1 aliphatic rings. The van der Waals surface area contributed by atoms with Crippen LogP contribution in [-0.4, -0.2) is 49.1 Å². The molecule has 3 heterocycles. The molecule has 1 aliphatic heterocycles. The van der Waals surface area contributed by atoms with Gasteiger partial charge in [0.1, 0.15) is 6.33 Å². The van der Waals surface area contributed by atoms with Crippen LogP contribution in [0.4, 0.5) is 0 Å². The smallest absolute Gasteiger partial charge is 0.254 e. The van der Waals surface area contributed by atoms with E-state index in [2.05, 4.69) is 51.0 Å². The number of hydrogen-bond acceptors (Lipinski definition) is 4. The summed E-state index contributed by atoms with van der Waals surface area (Å²) >= 11 is 0. The molecule has 0 saturated heterocycles. The molecule has 0 aliphatic carbocycles. The second-order valence-corrected chi connectivity index (χ2v) is 6.78. The summed E-state index contributed by atoms with van der Waals surface area (Å²) in [4.78, 5) is 18.1. The van der Waals surface area contributed by atoms with Crippen LogP contribution < -0.4 is 0 Å². The Bertz CT molecular complexity index is 1160. The van der Waals surface area contributed by atoms with Gasteiger partial charge in [0.15, 0.2) is 0 Å². The molecule has 0 spiro atoms. The van der Waals surface area contributed by atoms with E-state index in [1.54, 1.807) is 4.68 Å². The quantitative estimate of drug-likeness (QED) is 0.601. The van der Waals surface area contributed by atoms with Gasteiger partial charge in [-0.05, 0) is 52.8 Å². The Hall–Kier alpha value is -3.74. The molecule has 0 atom stereocenters. The second-order valence-electron chi connectivity index (χ2n) is 6.78. The molecule has 5 rings (SSSR count). The number of fused-ring (bicyclic) bond motifs is 1. The number of amides is 1. The number of aromatic nitrogens is 5. The van der Waals surface area contributed by atoms with E-state index in [9.17, 15) is 4.79 Å². The lowest BCUT2D eigenvalue weighted by Gasteiger charge is -2.26. The average molecular weight is 370 g/mol. The highest BCUT2D eigenvalue weighted by Crippen LogP contribution is 2.29. The summed E-state index contributed by atoms with van der Waals surface area (Å²) in [6.45, 7) is 1.32. The monoisotopic (exact) mass is 370 g/mol. The molecule has 2 aromatic heterocycles. The lowest BCUT2D eigenvalue weighted by Crippen LogP contribution is -2.34. The SMILES string of the molecule is O=C(c1ccc(-n2cnnn2)cc1)N1CC=C(c2c[nH]c3ccccc23)CC1.